The van der Waals surface area contributed by atoms with Crippen molar-refractivity contribution in [2.24, 2.45) is 0 Å². The van der Waals surface area contributed by atoms with Crippen LogP contribution in [-0.2, 0) is 19.9 Å². The first-order valence-corrected chi connectivity index (χ1v) is 12.5. The second-order valence-corrected chi connectivity index (χ2v) is 11.6. The molecular weight excluding hydrogens is 372 g/mol. The molecule has 6 nitrogen and oxygen atoms in total. The summed E-state index contributed by atoms with van der Waals surface area (Å²) in [5.41, 5.74) is 1.20. The molecule has 8 heteroatoms. The van der Waals surface area contributed by atoms with E-state index in [4.69, 9.17) is 0 Å². The summed E-state index contributed by atoms with van der Waals surface area (Å²) in [5, 5.41) is 1.48. The normalized spacial score (nSPS) is 24.4. The maximum absolute atomic E-state index is 13.1. The van der Waals surface area contributed by atoms with Gasteiger partial charge in [-0.15, -0.1) is 4.41 Å². The Morgan fingerprint density at radius 3 is 2.08 bits per heavy atom. The van der Waals surface area contributed by atoms with E-state index in [0.717, 1.165) is 12.8 Å². The lowest BCUT2D eigenvalue weighted by molar-refractivity contribution is 0.0893. The molecule has 0 radical (unpaired) electrons. The standard InChI is InChI=1S/C18H28N2O4S2/c1-19(2)20(17-12-13-25(21,22)14-17)26(23,24)18-10-8-16(9-11-18)15-6-4-3-5-7-15/h8-11,15,17H,3-7,12-14H2,1-2H3/t17-/m1/s1. The number of hydrogen-bond donors (Lipinski definition) is 0. The third-order valence-electron chi connectivity index (χ3n) is 5.42. The van der Waals surface area contributed by atoms with Gasteiger partial charge in [-0.3, -0.25) is 0 Å². The third-order valence-corrected chi connectivity index (χ3v) is 9.15. The average molecular weight is 401 g/mol. The van der Waals surface area contributed by atoms with Gasteiger partial charge in [0.2, 0.25) is 0 Å². The predicted octanol–water partition coefficient (Wildman–Crippen LogP) is 2.39. The molecule has 0 spiro atoms. The Labute approximate surface area is 157 Å². The Hall–Kier alpha value is -0.960. The summed E-state index contributed by atoms with van der Waals surface area (Å²) in [4.78, 5) is 0.218. The van der Waals surface area contributed by atoms with E-state index < -0.39 is 25.9 Å². The molecule has 0 amide bonds. The van der Waals surface area contributed by atoms with Crippen molar-refractivity contribution < 1.29 is 16.8 Å². The molecule has 1 aromatic carbocycles. The first-order chi connectivity index (χ1) is 12.2. The van der Waals surface area contributed by atoms with Crippen molar-refractivity contribution in [3.05, 3.63) is 29.8 Å². The van der Waals surface area contributed by atoms with Gasteiger partial charge in [0.1, 0.15) is 0 Å². The fourth-order valence-electron chi connectivity index (χ4n) is 4.14. The van der Waals surface area contributed by atoms with Crippen molar-refractivity contribution >= 4 is 19.9 Å². The van der Waals surface area contributed by atoms with E-state index in [1.165, 1.54) is 34.2 Å². The largest absolute Gasteiger partial charge is 0.256 e. The number of sulfone groups is 1. The Morgan fingerprint density at radius 2 is 1.58 bits per heavy atom. The van der Waals surface area contributed by atoms with Crippen LogP contribution < -0.4 is 0 Å². The summed E-state index contributed by atoms with van der Waals surface area (Å²) >= 11 is 0. The van der Waals surface area contributed by atoms with Crippen molar-refractivity contribution in [2.75, 3.05) is 25.6 Å². The zero-order valence-electron chi connectivity index (χ0n) is 15.5. The third kappa shape index (κ3) is 4.13. The van der Waals surface area contributed by atoms with Gasteiger partial charge in [0.15, 0.2) is 9.84 Å². The van der Waals surface area contributed by atoms with Crippen molar-refractivity contribution in [3.8, 4) is 0 Å². The highest BCUT2D eigenvalue weighted by Crippen LogP contribution is 2.33. The zero-order valence-corrected chi connectivity index (χ0v) is 17.1. The first-order valence-electron chi connectivity index (χ1n) is 9.23. The highest BCUT2D eigenvalue weighted by atomic mass is 32.2. The second-order valence-electron chi connectivity index (χ2n) is 7.59. The second kappa shape index (κ2) is 7.58. The lowest BCUT2D eigenvalue weighted by Crippen LogP contribution is -2.49. The molecule has 26 heavy (non-hydrogen) atoms. The molecule has 0 bridgehead atoms. The Bertz CT molecular complexity index is 826. The first kappa shape index (κ1) is 19.8. The molecular formula is C18H28N2O4S2. The molecule has 1 aliphatic heterocycles. The summed E-state index contributed by atoms with van der Waals surface area (Å²) in [6, 6.07) is 6.63. The molecule has 0 N–H and O–H groups in total. The number of sulfonamides is 1. The monoisotopic (exact) mass is 400 g/mol. The van der Waals surface area contributed by atoms with Gasteiger partial charge in [0, 0.05) is 14.1 Å². The SMILES string of the molecule is CN(C)N([C@@H]1CCS(=O)(=O)C1)S(=O)(=O)c1ccc(C2CCCCC2)cc1. The van der Waals surface area contributed by atoms with Crippen LogP contribution in [0.3, 0.4) is 0 Å². The van der Waals surface area contributed by atoms with Gasteiger partial charge in [0.25, 0.3) is 10.0 Å². The minimum atomic E-state index is -3.79. The van der Waals surface area contributed by atoms with Crippen molar-refractivity contribution in [1.29, 1.82) is 0 Å². The van der Waals surface area contributed by atoms with E-state index in [-0.39, 0.29) is 16.4 Å². The maximum atomic E-state index is 13.1. The molecule has 0 unspecified atom stereocenters. The molecule has 146 valence electrons. The van der Waals surface area contributed by atoms with Crippen LogP contribution in [0.1, 0.15) is 50.0 Å². The molecule has 2 fully saturated rings. The molecule has 1 heterocycles. The number of benzene rings is 1. The molecule has 1 aromatic rings. The minimum Gasteiger partial charge on any atom is -0.234 e. The summed E-state index contributed by atoms with van der Waals surface area (Å²) in [7, 11) is -3.68. The van der Waals surface area contributed by atoms with E-state index in [9.17, 15) is 16.8 Å². The fourth-order valence-corrected chi connectivity index (χ4v) is 7.63. The number of hydrogen-bond acceptors (Lipinski definition) is 5. The summed E-state index contributed by atoms with van der Waals surface area (Å²) in [5.74, 6) is 0.438. The molecule has 1 atom stereocenters. The van der Waals surface area contributed by atoms with Crippen LogP contribution in [0.2, 0.25) is 0 Å². The average Bonchev–Trinajstić information content (AvgIpc) is 2.94. The number of hydrazine groups is 1. The van der Waals surface area contributed by atoms with Crippen LogP contribution in [0.4, 0.5) is 0 Å². The highest BCUT2D eigenvalue weighted by Gasteiger charge is 2.40. The molecule has 0 aromatic heterocycles. The van der Waals surface area contributed by atoms with E-state index in [2.05, 4.69) is 0 Å². The van der Waals surface area contributed by atoms with Gasteiger partial charge < -0.3 is 0 Å². The number of nitrogens with zero attached hydrogens (tertiary/aromatic N) is 2. The topological polar surface area (TPSA) is 74.8 Å². The van der Waals surface area contributed by atoms with Gasteiger partial charge in [0.05, 0.1) is 22.4 Å². The van der Waals surface area contributed by atoms with Crippen LogP contribution >= 0.6 is 0 Å². The molecule has 1 saturated carbocycles. The number of rotatable bonds is 5. The molecule has 1 saturated heterocycles. The van der Waals surface area contributed by atoms with Crippen LogP contribution in [0.25, 0.3) is 0 Å². The molecule has 1 aliphatic carbocycles. The lowest BCUT2D eigenvalue weighted by atomic mass is 9.84. The van der Waals surface area contributed by atoms with Crippen LogP contribution in [-0.4, -0.2) is 57.9 Å². The van der Waals surface area contributed by atoms with Crippen molar-refractivity contribution in [2.45, 2.75) is 55.4 Å². The minimum absolute atomic E-state index is 0.0398. The quantitative estimate of drug-likeness (QED) is 0.710. The van der Waals surface area contributed by atoms with Gasteiger partial charge >= 0.3 is 0 Å². The Kier molecular flexibility index (Phi) is 5.77. The Balaban J connectivity index is 1.85. The van der Waals surface area contributed by atoms with Crippen molar-refractivity contribution in [3.63, 3.8) is 0 Å². The molecule has 3 rings (SSSR count). The van der Waals surface area contributed by atoms with Gasteiger partial charge in [-0.05, 0) is 42.9 Å². The van der Waals surface area contributed by atoms with E-state index in [1.54, 1.807) is 26.2 Å². The van der Waals surface area contributed by atoms with Crippen molar-refractivity contribution in [1.82, 2.24) is 9.42 Å². The fraction of sp³-hybridized carbons (Fsp3) is 0.667. The van der Waals surface area contributed by atoms with E-state index >= 15 is 0 Å². The van der Waals surface area contributed by atoms with Crippen LogP contribution in [0.15, 0.2) is 29.2 Å². The summed E-state index contributed by atoms with van der Waals surface area (Å²) in [6.45, 7) is 0. The van der Waals surface area contributed by atoms with E-state index in [0.29, 0.717) is 12.3 Å². The van der Waals surface area contributed by atoms with Crippen LogP contribution in [0, 0.1) is 0 Å². The van der Waals surface area contributed by atoms with E-state index in [1.807, 2.05) is 12.1 Å². The van der Waals surface area contributed by atoms with Gasteiger partial charge in [-0.1, -0.05) is 31.4 Å². The zero-order chi connectivity index (χ0) is 18.9. The summed E-state index contributed by atoms with van der Waals surface area (Å²) in [6.07, 6.45) is 6.40. The highest BCUT2D eigenvalue weighted by molar-refractivity contribution is 7.92. The summed E-state index contributed by atoms with van der Waals surface area (Å²) < 4.78 is 51.1. The predicted molar refractivity (Wildman–Crippen MR) is 102 cm³/mol. The molecule has 2 aliphatic rings. The lowest BCUT2D eigenvalue weighted by Gasteiger charge is -2.32. The smallest absolute Gasteiger partial charge is 0.234 e. The van der Waals surface area contributed by atoms with Gasteiger partial charge in [-0.2, -0.15) is 0 Å². The van der Waals surface area contributed by atoms with Crippen LogP contribution in [0.5, 0.6) is 0 Å². The maximum Gasteiger partial charge on any atom is 0.256 e. The Morgan fingerprint density at radius 1 is 0.962 bits per heavy atom. The van der Waals surface area contributed by atoms with Gasteiger partial charge in [-0.25, -0.2) is 21.8 Å².